The highest BCUT2D eigenvalue weighted by molar-refractivity contribution is 7.99. The lowest BCUT2D eigenvalue weighted by Gasteiger charge is -2.09. The molecule has 0 radical (unpaired) electrons. The SMILES string of the molecule is Cc1cc(C)c(C(=O)CSc2nnc(-c3cnccn3)n2C)cc1C. The van der Waals surface area contributed by atoms with Crippen molar-refractivity contribution in [1.29, 1.82) is 0 Å². The molecule has 0 bridgehead atoms. The largest absolute Gasteiger partial charge is 0.304 e. The summed E-state index contributed by atoms with van der Waals surface area (Å²) < 4.78 is 1.83. The first-order valence-corrected chi connectivity index (χ1v) is 8.85. The number of hydrogen-bond acceptors (Lipinski definition) is 6. The van der Waals surface area contributed by atoms with E-state index < -0.39 is 0 Å². The van der Waals surface area contributed by atoms with Crippen LogP contribution in [-0.2, 0) is 7.05 Å². The zero-order chi connectivity index (χ0) is 18.0. The molecule has 0 fully saturated rings. The Bertz CT molecular complexity index is 921. The van der Waals surface area contributed by atoms with Crippen LogP contribution in [0, 0.1) is 20.8 Å². The van der Waals surface area contributed by atoms with Gasteiger partial charge in [-0.25, -0.2) is 4.98 Å². The number of Topliss-reactive ketones (excluding diaryl/α,β-unsaturated/α-hetero) is 1. The van der Waals surface area contributed by atoms with Gasteiger partial charge in [0.15, 0.2) is 16.8 Å². The number of ketones is 1. The molecule has 6 nitrogen and oxygen atoms in total. The van der Waals surface area contributed by atoms with Gasteiger partial charge >= 0.3 is 0 Å². The van der Waals surface area contributed by atoms with E-state index in [0.717, 1.165) is 16.7 Å². The lowest BCUT2D eigenvalue weighted by Crippen LogP contribution is -2.07. The summed E-state index contributed by atoms with van der Waals surface area (Å²) in [6, 6.07) is 4.02. The van der Waals surface area contributed by atoms with Crippen molar-refractivity contribution in [3.8, 4) is 11.5 Å². The smallest absolute Gasteiger partial charge is 0.191 e. The molecule has 0 aliphatic rings. The summed E-state index contributed by atoms with van der Waals surface area (Å²) in [5.74, 6) is 1.04. The maximum Gasteiger partial charge on any atom is 0.191 e. The van der Waals surface area contributed by atoms with Crippen LogP contribution in [0.25, 0.3) is 11.5 Å². The van der Waals surface area contributed by atoms with Crippen LogP contribution >= 0.6 is 11.8 Å². The van der Waals surface area contributed by atoms with Gasteiger partial charge in [0.2, 0.25) is 0 Å². The van der Waals surface area contributed by atoms with Gasteiger partial charge in [0.05, 0.1) is 11.9 Å². The minimum atomic E-state index is 0.0923. The summed E-state index contributed by atoms with van der Waals surface area (Å²) in [7, 11) is 1.86. The Morgan fingerprint density at radius 1 is 1.08 bits per heavy atom. The van der Waals surface area contributed by atoms with Crippen molar-refractivity contribution in [1.82, 2.24) is 24.7 Å². The van der Waals surface area contributed by atoms with Gasteiger partial charge in [-0.15, -0.1) is 10.2 Å². The molecule has 0 saturated heterocycles. The maximum absolute atomic E-state index is 12.6. The molecule has 0 unspecified atom stereocenters. The first kappa shape index (κ1) is 17.3. The Morgan fingerprint density at radius 2 is 1.84 bits per heavy atom. The topological polar surface area (TPSA) is 73.6 Å². The zero-order valence-electron chi connectivity index (χ0n) is 14.6. The molecule has 128 valence electrons. The van der Waals surface area contributed by atoms with Crippen molar-refractivity contribution in [2.24, 2.45) is 7.05 Å². The van der Waals surface area contributed by atoms with Crippen molar-refractivity contribution in [2.75, 3.05) is 5.75 Å². The number of rotatable bonds is 5. The fourth-order valence-electron chi connectivity index (χ4n) is 2.55. The minimum absolute atomic E-state index is 0.0923. The van der Waals surface area contributed by atoms with Crippen LogP contribution in [-0.4, -0.2) is 36.3 Å². The highest BCUT2D eigenvalue weighted by Crippen LogP contribution is 2.23. The second kappa shape index (κ2) is 7.14. The van der Waals surface area contributed by atoms with E-state index in [2.05, 4.69) is 33.2 Å². The Kier molecular flexibility index (Phi) is 4.94. The summed E-state index contributed by atoms with van der Waals surface area (Å²) in [5, 5.41) is 9.00. The van der Waals surface area contributed by atoms with Crippen LogP contribution < -0.4 is 0 Å². The first-order chi connectivity index (χ1) is 12.0. The van der Waals surface area contributed by atoms with Crippen molar-refractivity contribution in [2.45, 2.75) is 25.9 Å². The molecule has 2 heterocycles. The molecule has 0 aliphatic carbocycles. The highest BCUT2D eigenvalue weighted by atomic mass is 32.2. The minimum Gasteiger partial charge on any atom is -0.304 e. The lowest BCUT2D eigenvalue weighted by molar-refractivity contribution is 0.102. The second-order valence-electron chi connectivity index (χ2n) is 5.92. The number of thioether (sulfide) groups is 1. The normalized spacial score (nSPS) is 10.9. The van der Waals surface area contributed by atoms with Gasteiger partial charge in [-0.2, -0.15) is 0 Å². The monoisotopic (exact) mass is 353 g/mol. The van der Waals surface area contributed by atoms with Gasteiger partial charge in [0, 0.05) is 25.0 Å². The number of benzene rings is 1. The third-order valence-corrected chi connectivity index (χ3v) is 5.12. The Morgan fingerprint density at radius 3 is 2.56 bits per heavy atom. The van der Waals surface area contributed by atoms with Crippen LogP contribution in [0.2, 0.25) is 0 Å². The van der Waals surface area contributed by atoms with Gasteiger partial charge in [0.1, 0.15) is 5.69 Å². The van der Waals surface area contributed by atoms with E-state index in [4.69, 9.17) is 0 Å². The van der Waals surface area contributed by atoms with E-state index in [1.807, 2.05) is 31.5 Å². The first-order valence-electron chi connectivity index (χ1n) is 7.87. The van der Waals surface area contributed by atoms with E-state index >= 15 is 0 Å². The van der Waals surface area contributed by atoms with Crippen molar-refractivity contribution >= 4 is 17.5 Å². The molecular weight excluding hydrogens is 334 g/mol. The Labute approximate surface area is 150 Å². The quantitative estimate of drug-likeness (QED) is 0.518. The number of aromatic nitrogens is 5. The van der Waals surface area contributed by atoms with Crippen molar-refractivity contribution in [3.63, 3.8) is 0 Å². The van der Waals surface area contributed by atoms with Crippen LogP contribution in [0.3, 0.4) is 0 Å². The number of carbonyl (C=O) groups excluding carboxylic acids is 1. The van der Waals surface area contributed by atoms with Gasteiger partial charge in [-0.3, -0.25) is 9.78 Å². The molecule has 3 rings (SSSR count). The predicted octanol–water partition coefficient (Wildman–Crippen LogP) is 3.17. The Balaban J connectivity index is 1.75. The fourth-order valence-corrected chi connectivity index (χ4v) is 3.34. The molecular formula is C18H19N5OS. The summed E-state index contributed by atoms with van der Waals surface area (Å²) in [4.78, 5) is 20.9. The van der Waals surface area contributed by atoms with Gasteiger partial charge in [0.25, 0.3) is 0 Å². The zero-order valence-corrected chi connectivity index (χ0v) is 15.5. The van der Waals surface area contributed by atoms with Gasteiger partial charge in [-0.1, -0.05) is 17.8 Å². The molecule has 0 saturated carbocycles. The van der Waals surface area contributed by atoms with Crippen LogP contribution in [0.4, 0.5) is 0 Å². The van der Waals surface area contributed by atoms with E-state index in [-0.39, 0.29) is 5.78 Å². The average molecular weight is 353 g/mol. The van der Waals surface area contributed by atoms with Crippen LogP contribution in [0.1, 0.15) is 27.0 Å². The van der Waals surface area contributed by atoms with Crippen molar-refractivity contribution < 1.29 is 4.79 Å². The van der Waals surface area contributed by atoms with Crippen LogP contribution in [0.15, 0.2) is 35.9 Å². The number of aryl methyl sites for hydroxylation is 3. The molecule has 0 N–H and O–H groups in total. The van der Waals surface area contributed by atoms with E-state index in [0.29, 0.717) is 22.4 Å². The maximum atomic E-state index is 12.6. The van der Waals surface area contributed by atoms with Crippen molar-refractivity contribution in [3.05, 3.63) is 53.0 Å². The number of carbonyl (C=O) groups is 1. The van der Waals surface area contributed by atoms with E-state index in [9.17, 15) is 4.79 Å². The summed E-state index contributed by atoms with van der Waals surface area (Å²) in [6.45, 7) is 6.05. The molecule has 2 aromatic heterocycles. The second-order valence-corrected chi connectivity index (χ2v) is 6.86. The van der Waals surface area contributed by atoms with Gasteiger partial charge in [-0.05, 0) is 43.5 Å². The van der Waals surface area contributed by atoms with E-state index in [1.165, 1.54) is 17.3 Å². The molecule has 7 heteroatoms. The molecule has 3 aromatic rings. The van der Waals surface area contributed by atoms with Crippen LogP contribution in [0.5, 0.6) is 0 Å². The fraction of sp³-hybridized carbons (Fsp3) is 0.278. The number of hydrogen-bond donors (Lipinski definition) is 0. The summed E-state index contributed by atoms with van der Waals surface area (Å²) >= 11 is 1.38. The Hall–Kier alpha value is -2.54. The lowest BCUT2D eigenvalue weighted by atomic mass is 9.99. The standard InChI is InChI=1S/C18H19N5OS/c1-11-7-13(3)14(8-12(11)2)16(24)10-25-18-22-21-17(23(18)4)15-9-19-5-6-20-15/h5-9H,10H2,1-4H3. The summed E-state index contributed by atoms with van der Waals surface area (Å²) in [5.41, 5.74) is 4.76. The summed E-state index contributed by atoms with van der Waals surface area (Å²) in [6.07, 6.45) is 4.87. The van der Waals surface area contributed by atoms with Gasteiger partial charge < -0.3 is 4.57 Å². The molecule has 1 aromatic carbocycles. The molecule has 0 atom stereocenters. The molecule has 0 spiro atoms. The number of nitrogens with zero attached hydrogens (tertiary/aromatic N) is 5. The third kappa shape index (κ3) is 3.61. The molecule has 25 heavy (non-hydrogen) atoms. The molecule has 0 aliphatic heterocycles. The molecule has 0 amide bonds. The predicted molar refractivity (Wildman–Crippen MR) is 97.7 cm³/mol. The van der Waals surface area contributed by atoms with E-state index in [1.54, 1.807) is 18.6 Å². The average Bonchev–Trinajstić information content (AvgIpc) is 2.97. The highest BCUT2D eigenvalue weighted by Gasteiger charge is 2.16. The third-order valence-electron chi connectivity index (χ3n) is 4.10.